The van der Waals surface area contributed by atoms with E-state index in [0.29, 0.717) is 0 Å². The SMILES string of the molecule is CCC/C=C\CF. The molecule has 0 saturated heterocycles. The van der Waals surface area contributed by atoms with Crippen molar-refractivity contribution < 1.29 is 4.39 Å². The van der Waals surface area contributed by atoms with Gasteiger partial charge in [-0.1, -0.05) is 25.5 Å². The number of unbranched alkanes of at least 4 members (excludes halogenated alkanes) is 1. The Balaban J connectivity index is 2.78. The van der Waals surface area contributed by atoms with Gasteiger partial charge in [0.25, 0.3) is 0 Å². The van der Waals surface area contributed by atoms with Crippen LogP contribution in [0.2, 0.25) is 0 Å². The fourth-order valence-corrected chi connectivity index (χ4v) is 0.348. The van der Waals surface area contributed by atoms with Crippen molar-refractivity contribution in [3.63, 3.8) is 0 Å². The summed E-state index contributed by atoms with van der Waals surface area (Å²) >= 11 is 0. The van der Waals surface area contributed by atoms with Gasteiger partial charge in [-0.3, -0.25) is 0 Å². The van der Waals surface area contributed by atoms with Crippen LogP contribution in [0.3, 0.4) is 0 Å². The molecule has 0 bridgehead atoms. The van der Waals surface area contributed by atoms with Crippen LogP contribution >= 0.6 is 0 Å². The summed E-state index contributed by atoms with van der Waals surface area (Å²) in [6.45, 7) is 1.75. The van der Waals surface area contributed by atoms with Crippen LogP contribution in [-0.4, -0.2) is 6.67 Å². The van der Waals surface area contributed by atoms with Gasteiger partial charge in [0, 0.05) is 0 Å². The van der Waals surface area contributed by atoms with Gasteiger partial charge in [-0.25, -0.2) is 4.39 Å². The van der Waals surface area contributed by atoms with E-state index in [1.807, 2.05) is 6.08 Å². The third kappa shape index (κ3) is 5.67. The smallest absolute Gasteiger partial charge is 0.108 e. The number of hydrogen-bond acceptors (Lipinski definition) is 0. The molecule has 0 aromatic rings. The third-order valence-corrected chi connectivity index (χ3v) is 0.711. The van der Waals surface area contributed by atoms with Crippen LogP contribution < -0.4 is 0 Å². The Kier molecular flexibility index (Phi) is 5.40. The van der Waals surface area contributed by atoms with Crippen molar-refractivity contribution in [3.8, 4) is 0 Å². The molecule has 0 atom stereocenters. The summed E-state index contributed by atoms with van der Waals surface area (Å²) in [5, 5.41) is 0. The lowest BCUT2D eigenvalue weighted by molar-refractivity contribution is 0.560. The summed E-state index contributed by atoms with van der Waals surface area (Å²) in [7, 11) is 0. The van der Waals surface area contributed by atoms with E-state index in [2.05, 4.69) is 6.92 Å². The highest BCUT2D eigenvalue weighted by Crippen LogP contribution is 1.87. The zero-order valence-corrected chi connectivity index (χ0v) is 4.65. The van der Waals surface area contributed by atoms with E-state index in [4.69, 9.17) is 0 Å². The van der Waals surface area contributed by atoms with Gasteiger partial charge >= 0.3 is 0 Å². The molecule has 0 spiro atoms. The van der Waals surface area contributed by atoms with Crippen LogP contribution in [0.1, 0.15) is 19.8 Å². The van der Waals surface area contributed by atoms with Crippen molar-refractivity contribution in [1.29, 1.82) is 0 Å². The van der Waals surface area contributed by atoms with E-state index in [-0.39, 0.29) is 6.67 Å². The molecule has 0 N–H and O–H groups in total. The molecule has 0 saturated carbocycles. The first-order valence-electron chi connectivity index (χ1n) is 2.62. The molecule has 0 aromatic heterocycles. The van der Waals surface area contributed by atoms with Gasteiger partial charge in [0.1, 0.15) is 6.67 Å². The second-order valence-corrected chi connectivity index (χ2v) is 1.41. The summed E-state index contributed by atoms with van der Waals surface area (Å²) in [4.78, 5) is 0. The van der Waals surface area contributed by atoms with Gasteiger partial charge in [-0.2, -0.15) is 0 Å². The zero-order chi connectivity index (χ0) is 5.54. The Morgan fingerprint density at radius 3 is 2.57 bits per heavy atom. The summed E-state index contributed by atoms with van der Waals surface area (Å²) in [5.74, 6) is 0. The minimum absolute atomic E-state index is 0.319. The van der Waals surface area contributed by atoms with Crippen LogP contribution in [0.5, 0.6) is 0 Å². The van der Waals surface area contributed by atoms with Gasteiger partial charge in [-0.05, 0) is 6.42 Å². The highest BCUT2D eigenvalue weighted by molar-refractivity contribution is 4.79. The van der Waals surface area contributed by atoms with Crippen molar-refractivity contribution >= 4 is 0 Å². The molecule has 0 heterocycles. The van der Waals surface area contributed by atoms with Gasteiger partial charge in [0.05, 0.1) is 0 Å². The first kappa shape index (κ1) is 6.67. The van der Waals surface area contributed by atoms with Gasteiger partial charge < -0.3 is 0 Å². The van der Waals surface area contributed by atoms with Crippen LogP contribution in [0.25, 0.3) is 0 Å². The van der Waals surface area contributed by atoms with Crippen LogP contribution in [0.15, 0.2) is 12.2 Å². The quantitative estimate of drug-likeness (QED) is 0.480. The molecule has 0 radical (unpaired) electrons. The van der Waals surface area contributed by atoms with Gasteiger partial charge in [-0.15, -0.1) is 0 Å². The monoisotopic (exact) mass is 102 g/mol. The van der Waals surface area contributed by atoms with Crippen molar-refractivity contribution in [2.75, 3.05) is 6.67 Å². The predicted octanol–water partition coefficient (Wildman–Crippen LogP) is 2.31. The summed E-state index contributed by atoms with van der Waals surface area (Å²) < 4.78 is 11.2. The molecule has 42 valence electrons. The number of halogens is 1. The van der Waals surface area contributed by atoms with E-state index < -0.39 is 0 Å². The lowest BCUT2D eigenvalue weighted by Gasteiger charge is -1.78. The van der Waals surface area contributed by atoms with Crippen LogP contribution in [-0.2, 0) is 0 Å². The molecule has 0 amide bonds. The fraction of sp³-hybridized carbons (Fsp3) is 0.667. The molecule has 0 aromatic carbocycles. The van der Waals surface area contributed by atoms with E-state index in [1.54, 1.807) is 6.08 Å². The van der Waals surface area contributed by atoms with Crippen molar-refractivity contribution in [2.24, 2.45) is 0 Å². The third-order valence-electron chi connectivity index (χ3n) is 0.711. The lowest BCUT2D eigenvalue weighted by Crippen LogP contribution is -1.62. The normalized spacial score (nSPS) is 10.6. The number of allylic oxidation sites excluding steroid dienone is 2. The minimum atomic E-state index is -0.319. The summed E-state index contributed by atoms with van der Waals surface area (Å²) in [6, 6.07) is 0. The fourth-order valence-electron chi connectivity index (χ4n) is 0.348. The molecule has 0 aliphatic carbocycles. The molecular weight excluding hydrogens is 91.1 g/mol. The molecule has 0 unspecified atom stereocenters. The maximum Gasteiger partial charge on any atom is 0.108 e. The van der Waals surface area contributed by atoms with E-state index in [1.165, 1.54) is 0 Å². The minimum Gasteiger partial charge on any atom is -0.247 e. The molecule has 0 fully saturated rings. The van der Waals surface area contributed by atoms with E-state index >= 15 is 0 Å². The second kappa shape index (κ2) is 5.67. The van der Waals surface area contributed by atoms with Crippen molar-refractivity contribution in [1.82, 2.24) is 0 Å². The van der Waals surface area contributed by atoms with E-state index in [9.17, 15) is 4.39 Å². The first-order chi connectivity index (χ1) is 3.41. The van der Waals surface area contributed by atoms with Crippen molar-refractivity contribution in [3.05, 3.63) is 12.2 Å². The number of alkyl halides is 1. The summed E-state index contributed by atoms with van der Waals surface area (Å²) in [5.41, 5.74) is 0. The second-order valence-electron chi connectivity index (χ2n) is 1.41. The molecule has 0 rings (SSSR count). The maximum atomic E-state index is 11.2. The lowest BCUT2D eigenvalue weighted by atomic mass is 10.3. The van der Waals surface area contributed by atoms with Crippen LogP contribution in [0.4, 0.5) is 4.39 Å². The van der Waals surface area contributed by atoms with Gasteiger partial charge in [0.15, 0.2) is 0 Å². The highest BCUT2D eigenvalue weighted by atomic mass is 19.1. The van der Waals surface area contributed by atoms with Crippen molar-refractivity contribution in [2.45, 2.75) is 19.8 Å². The Labute approximate surface area is 44.0 Å². The standard InChI is InChI=1S/C6H11F/c1-2-3-4-5-6-7/h4-5H,2-3,6H2,1H3/b5-4-. The van der Waals surface area contributed by atoms with Gasteiger partial charge in [0.2, 0.25) is 0 Å². The Morgan fingerprint density at radius 2 is 2.14 bits per heavy atom. The van der Waals surface area contributed by atoms with E-state index in [0.717, 1.165) is 12.8 Å². The zero-order valence-electron chi connectivity index (χ0n) is 4.65. The first-order valence-corrected chi connectivity index (χ1v) is 2.62. The maximum absolute atomic E-state index is 11.2. The summed E-state index contributed by atoms with van der Waals surface area (Å²) in [6.07, 6.45) is 5.52. The topological polar surface area (TPSA) is 0 Å². The largest absolute Gasteiger partial charge is 0.247 e. The molecule has 7 heavy (non-hydrogen) atoms. The average molecular weight is 102 g/mol. The average Bonchev–Trinajstić information content (AvgIpc) is 1.69. The molecule has 0 aliphatic heterocycles. The molecule has 0 aliphatic rings. The molecular formula is C6H11F. The Bertz CT molecular complexity index is 48.1. The Morgan fingerprint density at radius 1 is 1.43 bits per heavy atom. The highest BCUT2D eigenvalue weighted by Gasteiger charge is 1.69. The number of rotatable bonds is 3. The predicted molar refractivity (Wildman–Crippen MR) is 30.0 cm³/mol. The molecule has 0 nitrogen and oxygen atoms in total. The molecule has 1 heteroatoms. The Hall–Kier alpha value is -0.330. The van der Waals surface area contributed by atoms with Crippen LogP contribution in [0, 0.1) is 0 Å². The number of hydrogen-bond donors (Lipinski definition) is 0.